The molecule has 0 saturated carbocycles. The molecule has 2 amide bonds. The van der Waals surface area contributed by atoms with Crippen LogP contribution in [0.25, 0.3) is 0 Å². The van der Waals surface area contributed by atoms with Crippen LogP contribution in [0.5, 0.6) is 0 Å². The third kappa shape index (κ3) is 7.75. The molecule has 0 unspecified atom stereocenters. The lowest BCUT2D eigenvalue weighted by Crippen LogP contribution is -2.66. The topological polar surface area (TPSA) is 198 Å². The highest BCUT2D eigenvalue weighted by Crippen LogP contribution is 2.50. The number of nitrogens with zero attached hydrogens (tertiary/aromatic N) is 3. The monoisotopic (exact) mass is 642 g/mol. The van der Waals surface area contributed by atoms with Gasteiger partial charge in [-0.1, -0.05) is 0 Å². The van der Waals surface area contributed by atoms with Crippen LogP contribution >= 0.6 is 11.8 Å². The number of ether oxygens (including phenoxy) is 3. The van der Waals surface area contributed by atoms with Gasteiger partial charge in [0, 0.05) is 54.8 Å². The summed E-state index contributed by atoms with van der Waals surface area (Å²) in [4.78, 5) is 73.1. The van der Waals surface area contributed by atoms with Gasteiger partial charge in [-0.2, -0.15) is 0 Å². The highest BCUT2D eigenvalue weighted by atomic mass is 32.2. The van der Waals surface area contributed by atoms with Crippen molar-refractivity contribution in [3.63, 3.8) is 0 Å². The van der Waals surface area contributed by atoms with E-state index in [1.165, 1.54) is 72.1 Å². The zero-order valence-electron chi connectivity index (χ0n) is 24.5. The number of nitro groups is 2. The van der Waals surface area contributed by atoms with Gasteiger partial charge in [-0.3, -0.25) is 29.8 Å². The molecular formula is C29H30N4O11S. The average Bonchev–Trinajstić information content (AvgIpc) is 3.30. The average molecular weight is 643 g/mol. The van der Waals surface area contributed by atoms with Gasteiger partial charge in [0.2, 0.25) is 11.8 Å². The van der Waals surface area contributed by atoms with Crippen LogP contribution in [0.15, 0.2) is 59.1 Å². The maximum atomic E-state index is 13.5. The van der Waals surface area contributed by atoms with Gasteiger partial charge in [-0.05, 0) is 49.2 Å². The van der Waals surface area contributed by atoms with E-state index in [1.807, 2.05) is 0 Å². The van der Waals surface area contributed by atoms with Crippen molar-refractivity contribution in [3.05, 3.63) is 90.5 Å². The van der Waals surface area contributed by atoms with E-state index in [4.69, 9.17) is 14.2 Å². The fourth-order valence-corrected chi connectivity index (χ4v) is 6.10. The summed E-state index contributed by atoms with van der Waals surface area (Å²) in [7, 11) is 0. The molecule has 0 radical (unpaired) electrons. The molecule has 2 aliphatic rings. The van der Waals surface area contributed by atoms with Crippen LogP contribution in [0, 0.1) is 26.1 Å². The van der Waals surface area contributed by atoms with Crippen molar-refractivity contribution in [2.75, 3.05) is 12.3 Å². The molecule has 45 heavy (non-hydrogen) atoms. The quantitative estimate of drug-likeness (QED) is 0.109. The Kier molecular flexibility index (Phi) is 10.1. The second-order valence-electron chi connectivity index (χ2n) is 10.7. The smallest absolute Gasteiger partial charge is 0.456 e. The van der Waals surface area contributed by atoms with E-state index in [-0.39, 0.29) is 42.6 Å². The number of benzene rings is 2. The number of β-lactam (4-membered cyclic amide) rings is 1. The molecule has 16 heteroatoms. The van der Waals surface area contributed by atoms with E-state index in [0.717, 1.165) is 0 Å². The first-order valence-electron chi connectivity index (χ1n) is 13.7. The molecule has 0 aliphatic carbocycles. The van der Waals surface area contributed by atoms with Gasteiger partial charge in [-0.15, -0.1) is 11.8 Å². The van der Waals surface area contributed by atoms with Crippen LogP contribution in [-0.2, 0) is 41.8 Å². The Hall–Kier alpha value is -4.99. The Labute approximate surface area is 261 Å². The molecule has 1 saturated heterocycles. The van der Waals surface area contributed by atoms with Gasteiger partial charge in [0.15, 0.2) is 0 Å². The summed E-state index contributed by atoms with van der Waals surface area (Å²) in [6.07, 6.45) is -0.753. The number of nitrogens with one attached hydrogen (secondary N) is 1. The maximum absolute atomic E-state index is 13.5. The zero-order chi connectivity index (χ0) is 32.9. The molecule has 1 fully saturated rings. The van der Waals surface area contributed by atoms with Crippen molar-refractivity contribution in [3.8, 4) is 0 Å². The number of nitro benzene ring substituents is 2. The Balaban J connectivity index is 1.41. The van der Waals surface area contributed by atoms with Crippen LogP contribution in [-0.4, -0.2) is 62.6 Å². The van der Waals surface area contributed by atoms with Gasteiger partial charge < -0.3 is 24.4 Å². The second kappa shape index (κ2) is 13.8. The maximum Gasteiger partial charge on any atom is 0.509 e. The molecule has 0 spiro atoms. The third-order valence-corrected chi connectivity index (χ3v) is 8.30. The van der Waals surface area contributed by atoms with Crippen molar-refractivity contribution in [1.82, 2.24) is 10.2 Å². The zero-order valence-corrected chi connectivity index (χ0v) is 25.4. The first kappa shape index (κ1) is 32.9. The lowest BCUT2D eigenvalue weighted by atomic mass is 9.76. The normalized spacial score (nSPS) is 17.2. The van der Waals surface area contributed by atoms with Gasteiger partial charge >= 0.3 is 12.1 Å². The highest BCUT2D eigenvalue weighted by molar-refractivity contribution is 8.03. The van der Waals surface area contributed by atoms with Crippen LogP contribution in [0.4, 0.5) is 16.2 Å². The van der Waals surface area contributed by atoms with Crippen LogP contribution < -0.4 is 5.32 Å². The highest BCUT2D eigenvalue weighted by Gasteiger charge is 2.61. The number of hydrogen-bond acceptors (Lipinski definition) is 12. The van der Waals surface area contributed by atoms with E-state index in [0.29, 0.717) is 28.3 Å². The van der Waals surface area contributed by atoms with Crippen molar-refractivity contribution in [2.45, 2.75) is 52.0 Å². The molecule has 4 rings (SSSR count). The van der Waals surface area contributed by atoms with Gasteiger partial charge in [0.25, 0.3) is 11.4 Å². The van der Waals surface area contributed by atoms with E-state index in [1.54, 1.807) is 13.8 Å². The molecule has 15 nitrogen and oxygen atoms in total. The molecular weight excluding hydrogens is 612 g/mol. The number of non-ortho nitro benzene ring substituents is 2. The number of rotatable bonds is 13. The largest absolute Gasteiger partial charge is 0.509 e. The van der Waals surface area contributed by atoms with E-state index >= 15 is 0 Å². The molecule has 2 atom stereocenters. The SMILES string of the molecule is CC(=O)NCCSC1=C(C(=O)OCc2ccc([N+](=O)[O-])cc2)N2C(=O)[C@H](C(C)(C)OC(=O)OCc3ccc([N+](=O)[O-])cc3)[C@H]2C1. The summed E-state index contributed by atoms with van der Waals surface area (Å²) < 4.78 is 16.2. The Morgan fingerprint density at radius 1 is 0.956 bits per heavy atom. The molecule has 2 aromatic rings. The number of thioether (sulfide) groups is 1. The Morgan fingerprint density at radius 3 is 2.00 bits per heavy atom. The fourth-order valence-electron chi connectivity index (χ4n) is 5.05. The van der Waals surface area contributed by atoms with E-state index in [2.05, 4.69) is 5.32 Å². The van der Waals surface area contributed by atoms with E-state index in [9.17, 15) is 39.4 Å². The summed E-state index contributed by atoms with van der Waals surface area (Å²) in [6.45, 7) is 4.45. The van der Waals surface area contributed by atoms with Crippen molar-refractivity contribution in [1.29, 1.82) is 0 Å². The minimum atomic E-state index is -1.32. The molecule has 2 aromatic carbocycles. The molecule has 0 aromatic heterocycles. The van der Waals surface area contributed by atoms with Crippen LogP contribution in [0.3, 0.4) is 0 Å². The Bertz CT molecular complexity index is 1540. The number of carbonyl (C=O) groups excluding carboxylic acids is 4. The molecule has 238 valence electrons. The second-order valence-corrected chi connectivity index (χ2v) is 11.9. The van der Waals surface area contributed by atoms with Gasteiger partial charge in [0.05, 0.1) is 21.8 Å². The minimum absolute atomic E-state index is 0.0625. The first-order chi connectivity index (χ1) is 21.3. The van der Waals surface area contributed by atoms with E-state index < -0.39 is 45.4 Å². The van der Waals surface area contributed by atoms with Gasteiger partial charge in [-0.25, -0.2) is 9.59 Å². The van der Waals surface area contributed by atoms with Gasteiger partial charge in [0.1, 0.15) is 24.5 Å². The lowest BCUT2D eigenvalue weighted by molar-refractivity contribution is -0.385. The minimum Gasteiger partial charge on any atom is -0.456 e. The van der Waals surface area contributed by atoms with Crippen molar-refractivity contribution in [2.24, 2.45) is 5.92 Å². The van der Waals surface area contributed by atoms with Crippen molar-refractivity contribution >= 4 is 47.1 Å². The fraction of sp³-hybridized carbons (Fsp3) is 0.379. The number of carbonyl (C=O) groups is 4. The standard InChI is InChI=1S/C29H30N4O11S/c1-17(34)30-12-13-45-23-14-22-24(29(2,3)44-28(37)43-16-19-6-10-21(11-7-19)33(40)41)26(35)31(22)25(23)27(36)42-15-18-4-8-20(9-5-18)32(38)39/h4-11,22,24H,12-16H2,1-3H3,(H,30,34)/t22-,24-/m1/s1. The summed E-state index contributed by atoms with van der Waals surface area (Å²) in [5.74, 6) is -1.81. The number of esters is 1. The summed E-state index contributed by atoms with van der Waals surface area (Å²) in [5.41, 5.74) is -0.468. The van der Waals surface area contributed by atoms with Crippen LogP contribution in [0.2, 0.25) is 0 Å². The summed E-state index contributed by atoms with van der Waals surface area (Å²) in [6, 6.07) is 10.5. The number of hydrogen-bond donors (Lipinski definition) is 1. The first-order valence-corrected chi connectivity index (χ1v) is 14.7. The van der Waals surface area contributed by atoms with Crippen molar-refractivity contribution < 1.29 is 43.2 Å². The molecule has 2 heterocycles. The Morgan fingerprint density at radius 2 is 1.49 bits per heavy atom. The summed E-state index contributed by atoms with van der Waals surface area (Å²) in [5, 5.41) is 24.4. The van der Waals surface area contributed by atoms with Crippen LogP contribution in [0.1, 0.15) is 38.3 Å². The molecule has 0 bridgehead atoms. The summed E-state index contributed by atoms with van der Waals surface area (Å²) >= 11 is 1.29. The third-order valence-electron chi connectivity index (χ3n) is 7.18. The number of fused-ring (bicyclic) bond motifs is 1. The predicted molar refractivity (Wildman–Crippen MR) is 158 cm³/mol. The molecule has 2 aliphatic heterocycles. The molecule has 1 N–H and O–H groups in total. The predicted octanol–water partition coefficient (Wildman–Crippen LogP) is 3.99. The number of amides is 2. The lowest BCUT2D eigenvalue weighted by Gasteiger charge is -2.49.